The summed E-state index contributed by atoms with van der Waals surface area (Å²) in [4.78, 5) is 4.34. The van der Waals surface area contributed by atoms with Crippen molar-refractivity contribution < 1.29 is 0 Å². The minimum Gasteiger partial charge on any atom is -0.271 e. The molecule has 3 N–H and O–H groups in total. The third kappa shape index (κ3) is 3.63. The minimum absolute atomic E-state index is 0.0923. The van der Waals surface area contributed by atoms with Gasteiger partial charge in [-0.25, -0.2) is 0 Å². The summed E-state index contributed by atoms with van der Waals surface area (Å²) in [5.74, 6) is 5.70. The average molecular weight is 373 g/mol. The summed E-state index contributed by atoms with van der Waals surface area (Å²) >= 11 is 9.53. The maximum absolute atomic E-state index is 5.88. The smallest absolute Gasteiger partial charge is 0.0766 e. The second-order valence-electron chi connectivity index (χ2n) is 4.70. The largest absolute Gasteiger partial charge is 0.271 e. The molecular formula is C14H19BrClN5. The Kier molecular flexibility index (Phi) is 5.75. The molecule has 0 fully saturated rings. The third-order valence-corrected chi connectivity index (χ3v) is 4.54. The van der Waals surface area contributed by atoms with Gasteiger partial charge in [-0.3, -0.25) is 20.9 Å². The second-order valence-corrected chi connectivity index (χ2v) is 5.93. The summed E-state index contributed by atoms with van der Waals surface area (Å²) < 4.78 is 3.06. The first-order valence-corrected chi connectivity index (χ1v) is 8.09. The number of aryl methyl sites for hydroxylation is 2. The maximum Gasteiger partial charge on any atom is 0.0766 e. The molecule has 5 nitrogen and oxygen atoms in total. The van der Waals surface area contributed by atoms with Gasteiger partial charge in [0.1, 0.15) is 0 Å². The number of rotatable bonds is 6. The molecule has 2 rings (SSSR count). The summed E-state index contributed by atoms with van der Waals surface area (Å²) in [7, 11) is 0. The number of nitrogens with zero attached hydrogens (tertiary/aromatic N) is 3. The van der Waals surface area contributed by atoms with Crippen molar-refractivity contribution >= 4 is 27.5 Å². The van der Waals surface area contributed by atoms with E-state index < -0.39 is 0 Å². The highest BCUT2D eigenvalue weighted by Gasteiger charge is 2.19. The van der Waals surface area contributed by atoms with Gasteiger partial charge in [-0.2, -0.15) is 5.10 Å². The zero-order valence-corrected chi connectivity index (χ0v) is 14.4. The normalized spacial score (nSPS) is 12.6. The van der Waals surface area contributed by atoms with E-state index in [4.69, 9.17) is 17.4 Å². The lowest BCUT2D eigenvalue weighted by Crippen LogP contribution is -2.31. The minimum atomic E-state index is -0.0923. The van der Waals surface area contributed by atoms with Crippen molar-refractivity contribution in [1.29, 1.82) is 0 Å². The van der Waals surface area contributed by atoms with E-state index >= 15 is 0 Å². The Bertz CT molecular complexity index is 596. The highest BCUT2D eigenvalue weighted by molar-refractivity contribution is 9.10. The van der Waals surface area contributed by atoms with Crippen LogP contribution in [-0.4, -0.2) is 14.8 Å². The maximum atomic E-state index is 5.88. The molecular weight excluding hydrogens is 354 g/mol. The van der Waals surface area contributed by atoms with Gasteiger partial charge in [0.15, 0.2) is 0 Å². The Morgan fingerprint density at radius 3 is 2.71 bits per heavy atom. The molecule has 0 saturated heterocycles. The van der Waals surface area contributed by atoms with E-state index in [1.807, 2.05) is 16.8 Å². The summed E-state index contributed by atoms with van der Waals surface area (Å²) in [5.41, 5.74) is 5.86. The van der Waals surface area contributed by atoms with Crippen LogP contribution >= 0.6 is 27.5 Å². The number of halogens is 2. The van der Waals surface area contributed by atoms with Gasteiger partial charge < -0.3 is 0 Å². The van der Waals surface area contributed by atoms with Crippen LogP contribution in [0.2, 0.25) is 5.02 Å². The summed E-state index contributed by atoms with van der Waals surface area (Å²) in [6, 6.07) is 3.61. The number of hydrogen-bond acceptors (Lipinski definition) is 4. The first-order valence-electron chi connectivity index (χ1n) is 6.92. The molecule has 0 aromatic carbocycles. The zero-order chi connectivity index (χ0) is 15.4. The lowest BCUT2D eigenvalue weighted by atomic mass is 10.1. The van der Waals surface area contributed by atoms with E-state index in [2.05, 4.69) is 45.3 Å². The molecule has 0 saturated carbocycles. The lowest BCUT2D eigenvalue weighted by molar-refractivity contribution is 0.506. The number of nitrogens with two attached hydrogens (primary N) is 1. The molecule has 7 heteroatoms. The predicted molar refractivity (Wildman–Crippen MR) is 88.0 cm³/mol. The molecule has 0 aliphatic heterocycles. The van der Waals surface area contributed by atoms with E-state index in [0.29, 0.717) is 11.4 Å². The van der Waals surface area contributed by atoms with Crippen molar-refractivity contribution in [1.82, 2.24) is 20.2 Å². The van der Waals surface area contributed by atoms with E-state index in [1.165, 1.54) is 0 Å². The van der Waals surface area contributed by atoms with Crippen LogP contribution in [0.15, 0.2) is 22.8 Å². The van der Waals surface area contributed by atoms with Crippen LogP contribution in [0.3, 0.4) is 0 Å². The summed E-state index contributed by atoms with van der Waals surface area (Å²) in [5, 5.41) is 5.22. The predicted octanol–water partition coefficient (Wildman–Crippen LogP) is 3.02. The van der Waals surface area contributed by atoms with Crippen molar-refractivity contribution in [2.24, 2.45) is 5.84 Å². The third-order valence-electron chi connectivity index (χ3n) is 3.40. The second kappa shape index (κ2) is 7.35. The van der Waals surface area contributed by atoms with Crippen LogP contribution in [0.4, 0.5) is 0 Å². The van der Waals surface area contributed by atoms with Crippen molar-refractivity contribution in [3.63, 3.8) is 0 Å². The fraction of sp³-hybridized carbons (Fsp3) is 0.429. The molecule has 0 bridgehead atoms. The van der Waals surface area contributed by atoms with Crippen molar-refractivity contribution in [3.8, 4) is 0 Å². The van der Waals surface area contributed by atoms with Crippen molar-refractivity contribution in [2.75, 3.05) is 0 Å². The molecule has 0 radical (unpaired) electrons. The molecule has 2 aromatic heterocycles. The monoisotopic (exact) mass is 371 g/mol. The van der Waals surface area contributed by atoms with Crippen LogP contribution in [0.1, 0.15) is 37.0 Å². The molecule has 0 spiro atoms. The molecule has 2 heterocycles. The Hall–Kier alpha value is -0.950. The van der Waals surface area contributed by atoms with Gasteiger partial charge in [0.25, 0.3) is 0 Å². The standard InChI is InChI=1S/C14H19BrClN5/c1-3-10-14(15)13(21(4-2)20-10)7-12(19-17)11-6-5-9(16)8-18-11/h5-6,8,12,19H,3-4,7,17H2,1-2H3. The molecule has 21 heavy (non-hydrogen) atoms. The molecule has 2 aromatic rings. The number of hydrazine groups is 1. The van der Waals surface area contributed by atoms with Crippen LogP contribution in [-0.2, 0) is 19.4 Å². The van der Waals surface area contributed by atoms with Gasteiger partial charge in [0, 0.05) is 19.2 Å². The number of aromatic nitrogens is 3. The number of pyridine rings is 1. The van der Waals surface area contributed by atoms with E-state index in [0.717, 1.165) is 34.5 Å². The number of hydrogen-bond donors (Lipinski definition) is 2. The van der Waals surface area contributed by atoms with Crippen molar-refractivity contribution in [3.05, 3.63) is 44.9 Å². The van der Waals surface area contributed by atoms with Crippen LogP contribution < -0.4 is 11.3 Å². The molecule has 0 amide bonds. The van der Waals surface area contributed by atoms with Gasteiger partial charge in [-0.05, 0) is 41.4 Å². The lowest BCUT2D eigenvalue weighted by Gasteiger charge is -2.16. The topological polar surface area (TPSA) is 68.8 Å². The molecule has 1 atom stereocenters. The van der Waals surface area contributed by atoms with Gasteiger partial charge in [0.05, 0.1) is 32.6 Å². The fourth-order valence-electron chi connectivity index (χ4n) is 2.25. The number of nitrogens with one attached hydrogen (secondary N) is 1. The van der Waals surface area contributed by atoms with Gasteiger partial charge >= 0.3 is 0 Å². The molecule has 0 aliphatic rings. The van der Waals surface area contributed by atoms with Crippen molar-refractivity contribution in [2.45, 2.75) is 39.3 Å². The Morgan fingerprint density at radius 1 is 1.43 bits per heavy atom. The molecule has 0 aliphatic carbocycles. The average Bonchev–Trinajstić information content (AvgIpc) is 2.81. The quantitative estimate of drug-likeness (QED) is 0.604. The van der Waals surface area contributed by atoms with Gasteiger partial charge in [-0.1, -0.05) is 18.5 Å². The van der Waals surface area contributed by atoms with Gasteiger partial charge in [-0.15, -0.1) is 0 Å². The Morgan fingerprint density at radius 2 is 2.19 bits per heavy atom. The zero-order valence-electron chi connectivity index (χ0n) is 12.1. The molecule has 1 unspecified atom stereocenters. The van der Waals surface area contributed by atoms with E-state index in [1.54, 1.807) is 6.20 Å². The summed E-state index contributed by atoms with van der Waals surface area (Å²) in [6.45, 7) is 4.99. The van der Waals surface area contributed by atoms with Crippen LogP contribution in [0, 0.1) is 0 Å². The van der Waals surface area contributed by atoms with Crippen LogP contribution in [0.5, 0.6) is 0 Å². The van der Waals surface area contributed by atoms with Crippen LogP contribution in [0.25, 0.3) is 0 Å². The first-order chi connectivity index (χ1) is 10.1. The van der Waals surface area contributed by atoms with E-state index in [9.17, 15) is 0 Å². The Labute approximate surface area is 138 Å². The fourth-order valence-corrected chi connectivity index (χ4v) is 3.09. The SMILES string of the molecule is CCc1nn(CC)c(CC(NN)c2ccc(Cl)cn2)c1Br. The van der Waals surface area contributed by atoms with Gasteiger partial charge in [0.2, 0.25) is 0 Å². The highest BCUT2D eigenvalue weighted by atomic mass is 79.9. The van der Waals surface area contributed by atoms with E-state index in [-0.39, 0.29) is 6.04 Å². The first kappa shape index (κ1) is 16.4. The Balaban J connectivity index is 2.30. The summed E-state index contributed by atoms with van der Waals surface area (Å²) in [6.07, 6.45) is 3.22. The molecule has 114 valence electrons. The highest BCUT2D eigenvalue weighted by Crippen LogP contribution is 2.26.